The fourth-order valence-electron chi connectivity index (χ4n) is 4.18. The van der Waals surface area contributed by atoms with Crippen molar-refractivity contribution in [3.63, 3.8) is 0 Å². The molecule has 0 fully saturated rings. The standard InChI is InChI=1S/C27H31N3O3/c1-19(20-14-16-23(31)17-15-20)30(24(26(29)32)13-8-18-28)27(33)25(21-9-4-2-5-10-21)22-11-6-3-7-12-22/h2-7,9-12,14-17,19,24-25,31H,8,13,18,28H2,1H3,(H2,29,32)/t19-,24+/m0/s1. The number of benzene rings is 3. The lowest BCUT2D eigenvalue weighted by atomic mass is 9.88. The molecule has 6 heteroatoms. The van der Waals surface area contributed by atoms with Gasteiger partial charge in [0, 0.05) is 0 Å². The summed E-state index contributed by atoms with van der Waals surface area (Å²) in [5.74, 6) is -1.26. The third-order valence-electron chi connectivity index (χ3n) is 5.91. The monoisotopic (exact) mass is 445 g/mol. The first kappa shape index (κ1) is 24.0. The molecule has 5 N–H and O–H groups in total. The van der Waals surface area contributed by atoms with Gasteiger partial charge < -0.3 is 21.5 Å². The highest BCUT2D eigenvalue weighted by atomic mass is 16.3. The average molecular weight is 446 g/mol. The lowest BCUT2D eigenvalue weighted by Crippen LogP contribution is -2.50. The predicted octanol–water partition coefficient (Wildman–Crippen LogP) is 3.71. The van der Waals surface area contributed by atoms with Crippen LogP contribution in [0.2, 0.25) is 0 Å². The van der Waals surface area contributed by atoms with E-state index in [-0.39, 0.29) is 11.7 Å². The molecule has 0 aliphatic carbocycles. The SMILES string of the molecule is C[C@@H](c1ccc(O)cc1)N(C(=O)C(c1ccccc1)c1ccccc1)[C@H](CCCN)C(N)=O. The van der Waals surface area contributed by atoms with Gasteiger partial charge in [-0.15, -0.1) is 0 Å². The van der Waals surface area contributed by atoms with E-state index < -0.39 is 23.9 Å². The maximum atomic E-state index is 14.3. The first-order chi connectivity index (χ1) is 15.9. The molecular weight excluding hydrogens is 414 g/mol. The number of phenols is 1. The van der Waals surface area contributed by atoms with Crippen LogP contribution >= 0.6 is 0 Å². The number of carbonyl (C=O) groups excluding carboxylic acids is 2. The molecule has 0 heterocycles. The van der Waals surface area contributed by atoms with Gasteiger partial charge in [0.2, 0.25) is 11.8 Å². The van der Waals surface area contributed by atoms with Crippen LogP contribution in [0.1, 0.15) is 48.4 Å². The molecule has 172 valence electrons. The molecule has 0 aliphatic heterocycles. The van der Waals surface area contributed by atoms with Crippen molar-refractivity contribution in [2.24, 2.45) is 11.5 Å². The highest BCUT2D eigenvalue weighted by molar-refractivity contribution is 5.92. The topological polar surface area (TPSA) is 110 Å². The number of carbonyl (C=O) groups is 2. The molecule has 0 saturated carbocycles. The lowest BCUT2D eigenvalue weighted by Gasteiger charge is -2.38. The second-order valence-corrected chi connectivity index (χ2v) is 8.12. The van der Waals surface area contributed by atoms with Gasteiger partial charge in [-0.2, -0.15) is 0 Å². The number of primary amides is 1. The van der Waals surface area contributed by atoms with E-state index in [9.17, 15) is 14.7 Å². The van der Waals surface area contributed by atoms with Crippen molar-refractivity contribution in [2.75, 3.05) is 6.54 Å². The van der Waals surface area contributed by atoms with Crippen LogP contribution in [0, 0.1) is 0 Å². The van der Waals surface area contributed by atoms with Gasteiger partial charge in [0.25, 0.3) is 0 Å². The summed E-state index contributed by atoms with van der Waals surface area (Å²) in [7, 11) is 0. The minimum atomic E-state index is -0.820. The van der Waals surface area contributed by atoms with Crippen molar-refractivity contribution in [1.29, 1.82) is 0 Å². The fourth-order valence-corrected chi connectivity index (χ4v) is 4.18. The van der Waals surface area contributed by atoms with Gasteiger partial charge in [0.1, 0.15) is 11.8 Å². The Balaban J connectivity index is 2.12. The quantitative estimate of drug-likeness (QED) is 0.442. The summed E-state index contributed by atoms with van der Waals surface area (Å²) >= 11 is 0. The number of aromatic hydroxyl groups is 1. The van der Waals surface area contributed by atoms with E-state index in [0.717, 1.165) is 16.7 Å². The molecule has 0 aliphatic rings. The smallest absolute Gasteiger partial charge is 0.240 e. The maximum Gasteiger partial charge on any atom is 0.240 e. The van der Waals surface area contributed by atoms with Gasteiger partial charge in [-0.05, 0) is 55.1 Å². The van der Waals surface area contributed by atoms with E-state index in [0.29, 0.717) is 19.4 Å². The van der Waals surface area contributed by atoms with Crippen LogP contribution < -0.4 is 11.5 Å². The van der Waals surface area contributed by atoms with Crippen molar-refractivity contribution in [2.45, 2.75) is 37.8 Å². The maximum absolute atomic E-state index is 14.3. The summed E-state index contributed by atoms with van der Waals surface area (Å²) in [5.41, 5.74) is 14.0. The van der Waals surface area contributed by atoms with Crippen molar-refractivity contribution in [3.05, 3.63) is 102 Å². The van der Waals surface area contributed by atoms with E-state index in [4.69, 9.17) is 11.5 Å². The highest BCUT2D eigenvalue weighted by Gasteiger charge is 2.37. The van der Waals surface area contributed by atoms with Crippen LogP contribution in [-0.2, 0) is 9.59 Å². The van der Waals surface area contributed by atoms with E-state index in [2.05, 4.69) is 0 Å². The van der Waals surface area contributed by atoms with E-state index in [1.807, 2.05) is 67.6 Å². The Bertz CT molecular complexity index is 1000. The zero-order valence-electron chi connectivity index (χ0n) is 18.8. The lowest BCUT2D eigenvalue weighted by molar-refractivity contribution is -0.142. The van der Waals surface area contributed by atoms with Crippen molar-refractivity contribution < 1.29 is 14.7 Å². The summed E-state index contributed by atoms with van der Waals surface area (Å²) in [6.07, 6.45) is 0.928. The summed E-state index contributed by atoms with van der Waals surface area (Å²) in [6.45, 7) is 2.26. The normalized spacial score (nSPS) is 12.8. The molecule has 0 spiro atoms. The Labute approximate surface area is 194 Å². The first-order valence-corrected chi connectivity index (χ1v) is 11.1. The molecular formula is C27H31N3O3. The molecule has 0 bridgehead atoms. The minimum Gasteiger partial charge on any atom is -0.508 e. The van der Waals surface area contributed by atoms with E-state index >= 15 is 0 Å². The van der Waals surface area contributed by atoms with Gasteiger partial charge >= 0.3 is 0 Å². The molecule has 2 amide bonds. The molecule has 33 heavy (non-hydrogen) atoms. The Morgan fingerprint density at radius 1 is 0.848 bits per heavy atom. The molecule has 0 unspecified atom stereocenters. The number of rotatable bonds is 10. The van der Waals surface area contributed by atoms with Crippen LogP contribution in [0.3, 0.4) is 0 Å². The van der Waals surface area contributed by atoms with Crippen LogP contribution in [-0.4, -0.2) is 34.4 Å². The number of hydrogen-bond acceptors (Lipinski definition) is 4. The second kappa shape index (κ2) is 11.3. The van der Waals surface area contributed by atoms with E-state index in [1.54, 1.807) is 29.2 Å². The molecule has 0 aromatic heterocycles. The average Bonchev–Trinajstić information content (AvgIpc) is 2.83. The first-order valence-electron chi connectivity index (χ1n) is 11.1. The van der Waals surface area contributed by atoms with Gasteiger partial charge in [-0.1, -0.05) is 72.8 Å². The van der Waals surface area contributed by atoms with Gasteiger partial charge in [0.15, 0.2) is 0 Å². The van der Waals surface area contributed by atoms with E-state index in [1.165, 1.54) is 0 Å². The van der Waals surface area contributed by atoms with Crippen molar-refractivity contribution >= 4 is 11.8 Å². The summed E-state index contributed by atoms with van der Waals surface area (Å²) in [4.78, 5) is 28.4. The Morgan fingerprint density at radius 2 is 1.36 bits per heavy atom. The largest absolute Gasteiger partial charge is 0.508 e. The molecule has 3 aromatic rings. The third-order valence-corrected chi connectivity index (χ3v) is 5.91. The zero-order valence-corrected chi connectivity index (χ0v) is 18.8. The Kier molecular flexibility index (Phi) is 8.22. The predicted molar refractivity (Wildman–Crippen MR) is 129 cm³/mol. The van der Waals surface area contributed by atoms with Crippen molar-refractivity contribution in [3.8, 4) is 5.75 Å². The second-order valence-electron chi connectivity index (χ2n) is 8.12. The number of nitrogens with two attached hydrogens (primary N) is 2. The van der Waals surface area contributed by atoms with Gasteiger partial charge in [-0.3, -0.25) is 9.59 Å². The Hall–Kier alpha value is -3.64. The van der Waals surface area contributed by atoms with Crippen LogP contribution in [0.5, 0.6) is 5.75 Å². The summed E-state index contributed by atoms with van der Waals surface area (Å²) < 4.78 is 0. The molecule has 3 aromatic carbocycles. The zero-order chi connectivity index (χ0) is 23.8. The van der Waals surface area contributed by atoms with Gasteiger partial charge in [-0.25, -0.2) is 0 Å². The van der Waals surface area contributed by atoms with Crippen molar-refractivity contribution in [1.82, 2.24) is 4.90 Å². The number of amides is 2. The summed E-state index contributed by atoms with van der Waals surface area (Å²) in [6, 6.07) is 24.4. The summed E-state index contributed by atoms with van der Waals surface area (Å²) in [5, 5.41) is 9.72. The molecule has 0 radical (unpaired) electrons. The van der Waals surface area contributed by atoms with Gasteiger partial charge in [0.05, 0.1) is 12.0 Å². The molecule has 6 nitrogen and oxygen atoms in total. The van der Waals surface area contributed by atoms with Crippen LogP contribution in [0.4, 0.5) is 0 Å². The van der Waals surface area contributed by atoms with Crippen LogP contribution in [0.25, 0.3) is 0 Å². The fraction of sp³-hybridized carbons (Fsp3) is 0.259. The molecule has 0 saturated heterocycles. The molecule has 2 atom stereocenters. The van der Waals surface area contributed by atoms with Crippen LogP contribution in [0.15, 0.2) is 84.9 Å². The third kappa shape index (κ3) is 5.79. The molecule has 3 rings (SSSR count). The number of nitrogens with zero attached hydrogens (tertiary/aromatic N) is 1. The Morgan fingerprint density at radius 3 is 1.82 bits per heavy atom. The number of hydrogen-bond donors (Lipinski definition) is 3. The highest BCUT2D eigenvalue weighted by Crippen LogP contribution is 2.33. The number of phenolic OH excluding ortho intramolecular Hbond substituents is 1. The minimum absolute atomic E-state index is 0.129.